The summed E-state index contributed by atoms with van der Waals surface area (Å²) in [7, 11) is 0. The Morgan fingerprint density at radius 3 is 2.57 bits per heavy atom. The van der Waals surface area contributed by atoms with Crippen molar-refractivity contribution in [3.8, 4) is 0 Å². The van der Waals surface area contributed by atoms with Gasteiger partial charge in [0.05, 0.1) is 0 Å². The molecule has 0 unspecified atom stereocenters. The van der Waals surface area contributed by atoms with E-state index >= 15 is 0 Å². The fourth-order valence-electron chi connectivity index (χ4n) is 3.15. The number of aromatic nitrogens is 2. The van der Waals surface area contributed by atoms with Crippen LogP contribution in [0.1, 0.15) is 60.2 Å². The van der Waals surface area contributed by atoms with E-state index in [1.54, 1.807) is 10.3 Å². The summed E-state index contributed by atoms with van der Waals surface area (Å²) >= 11 is 2.58. The highest BCUT2D eigenvalue weighted by Gasteiger charge is 2.37. The van der Waals surface area contributed by atoms with E-state index < -0.39 is 11.6 Å². The van der Waals surface area contributed by atoms with Crippen molar-refractivity contribution in [3.05, 3.63) is 62.8 Å². The molecule has 6 nitrogen and oxygen atoms in total. The smallest absolute Gasteiger partial charge is 0.280 e. The molecule has 1 aromatic carbocycles. The van der Waals surface area contributed by atoms with Gasteiger partial charge in [-0.1, -0.05) is 23.5 Å². The van der Waals surface area contributed by atoms with Crippen molar-refractivity contribution < 1.29 is 9.59 Å². The van der Waals surface area contributed by atoms with Gasteiger partial charge in [-0.05, 0) is 80.4 Å². The molecule has 2 aromatic heterocycles. The maximum atomic E-state index is 13.6. The van der Waals surface area contributed by atoms with Crippen LogP contribution in [0, 0.1) is 6.92 Å². The highest BCUT2D eigenvalue weighted by molar-refractivity contribution is 7.10. The Balaban J connectivity index is 2.18. The number of aryl methyl sites for hydroxylation is 2. The fourth-order valence-corrected chi connectivity index (χ4v) is 4.59. The first-order valence-corrected chi connectivity index (χ1v) is 11.5. The third-order valence-electron chi connectivity index (χ3n) is 4.55. The van der Waals surface area contributed by atoms with E-state index in [0.29, 0.717) is 5.69 Å². The maximum absolute atomic E-state index is 13.6. The second-order valence-electron chi connectivity index (χ2n) is 8.10. The van der Waals surface area contributed by atoms with Crippen molar-refractivity contribution in [2.75, 3.05) is 4.90 Å². The van der Waals surface area contributed by atoms with Crippen molar-refractivity contribution in [2.45, 2.75) is 52.6 Å². The minimum absolute atomic E-state index is 0.227. The molecule has 0 bridgehead atoms. The molecule has 2 amide bonds. The molecule has 0 aliphatic heterocycles. The average molecular weight is 443 g/mol. The van der Waals surface area contributed by atoms with Crippen LogP contribution in [-0.4, -0.2) is 26.9 Å². The third-order valence-corrected chi connectivity index (χ3v) is 6.13. The van der Waals surface area contributed by atoms with Gasteiger partial charge in [0.25, 0.3) is 5.91 Å². The van der Waals surface area contributed by atoms with Crippen LogP contribution in [0.25, 0.3) is 0 Å². The Bertz CT molecular complexity index is 1020. The summed E-state index contributed by atoms with van der Waals surface area (Å²) in [5, 5.41) is 10.6. The lowest BCUT2D eigenvalue weighted by atomic mass is 10.0. The highest BCUT2D eigenvalue weighted by Crippen LogP contribution is 2.35. The van der Waals surface area contributed by atoms with Gasteiger partial charge in [0.2, 0.25) is 5.91 Å². The van der Waals surface area contributed by atoms with E-state index in [2.05, 4.69) is 21.8 Å². The van der Waals surface area contributed by atoms with Crippen LogP contribution in [0.3, 0.4) is 0 Å². The summed E-state index contributed by atoms with van der Waals surface area (Å²) < 4.78 is 3.84. The van der Waals surface area contributed by atoms with Gasteiger partial charge in [-0.2, -0.15) is 0 Å². The molecule has 1 N–H and O–H groups in total. The van der Waals surface area contributed by atoms with E-state index in [1.165, 1.54) is 11.3 Å². The summed E-state index contributed by atoms with van der Waals surface area (Å²) in [6, 6.07) is 8.89. The molecule has 1 atom stereocenters. The Labute approximate surface area is 185 Å². The Hall–Kier alpha value is -2.58. The average Bonchev–Trinajstić information content (AvgIpc) is 3.36. The highest BCUT2D eigenvalue weighted by atomic mass is 32.1. The van der Waals surface area contributed by atoms with Gasteiger partial charge in [0.15, 0.2) is 11.7 Å². The molecule has 0 aliphatic rings. The molecule has 8 heteroatoms. The number of benzene rings is 1. The summed E-state index contributed by atoms with van der Waals surface area (Å²) in [6.45, 7) is 9.80. The standard InChI is InChI=1S/C22H26N4O2S2/c1-6-15-8-7-9-16(12-15)26(21(28)17-13-30-25-24-17)18(19-14(2)10-11-29-19)20(27)23-22(3,4)5/h7-13,18H,6H2,1-5H3,(H,23,27)/t18-/m0/s1. The number of hydrogen-bond acceptors (Lipinski definition) is 6. The van der Waals surface area contributed by atoms with Crippen LogP contribution < -0.4 is 10.2 Å². The monoisotopic (exact) mass is 442 g/mol. The molecular weight excluding hydrogens is 416 g/mol. The van der Waals surface area contributed by atoms with Gasteiger partial charge in [-0.25, -0.2) is 0 Å². The molecule has 158 valence electrons. The molecule has 2 heterocycles. The van der Waals surface area contributed by atoms with Crippen molar-refractivity contribution in [3.63, 3.8) is 0 Å². The van der Waals surface area contributed by atoms with E-state index in [-0.39, 0.29) is 17.5 Å². The van der Waals surface area contributed by atoms with E-state index in [4.69, 9.17) is 0 Å². The number of carbonyl (C=O) groups is 2. The lowest BCUT2D eigenvalue weighted by Crippen LogP contribution is -2.49. The number of nitrogens with one attached hydrogen (secondary N) is 1. The number of amides is 2. The molecule has 3 rings (SSSR count). The van der Waals surface area contributed by atoms with Crippen molar-refractivity contribution in [1.29, 1.82) is 0 Å². The molecule has 0 fully saturated rings. The van der Waals surface area contributed by atoms with Crippen LogP contribution in [0.5, 0.6) is 0 Å². The topological polar surface area (TPSA) is 75.2 Å². The van der Waals surface area contributed by atoms with Crippen molar-refractivity contribution in [1.82, 2.24) is 14.9 Å². The van der Waals surface area contributed by atoms with Crippen LogP contribution in [-0.2, 0) is 11.2 Å². The summed E-state index contributed by atoms with van der Waals surface area (Å²) in [4.78, 5) is 29.5. The van der Waals surface area contributed by atoms with Crippen molar-refractivity contribution >= 4 is 40.4 Å². The molecule has 0 aliphatic carbocycles. The van der Waals surface area contributed by atoms with Crippen LogP contribution in [0.2, 0.25) is 0 Å². The van der Waals surface area contributed by atoms with Gasteiger partial charge in [0, 0.05) is 21.5 Å². The van der Waals surface area contributed by atoms with Crippen LogP contribution in [0.15, 0.2) is 41.1 Å². The summed E-state index contributed by atoms with van der Waals surface area (Å²) in [6.07, 6.45) is 0.824. The van der Waals surface area contributed by atoms with Crippen molar-refractivity contribution in [2.24, 2.45) is 0 Å². The Morgan fingerprint density at radius 2 is 2.00 bits per heavy atom. The van der Waals surface area contributed by atoms with E-state index in [9.17, 15) is 9.59 Å². The summed E-state index contributed by atoms with van der Waals surface area (Å²) in [5.74, 6) is -0.578. The van der Waals surface area contributed by atoms with Gasteiger partial charge < -0.3 is 5.32 Å². The second-order valence-corrected chi connectivity index (χ2v) is 9.66. The first kappa shape index (κ1) is 22.1. The largest absolute Gasteiger partial charge is 0.349 e. The zero-order chi connectivity index (χ0) is 21.9. The number of carbonyl (C=O) groups excluding carboxylic acids is 2. The second kappa shape index (κ2) is 9.06. The number of nitrogens with zero attached hydrogens (tertiary/aromatic N) is 3. The predicted octanol–water partition coefficient (Wildman–Crippen LogP) is 4.77. The molecule has 0 saturated carbocycles. The minimum atomic E-state index is -0.814. The first-order valence-electron chi connectivity index (χ1n) is 9.77. The normalized spacial score (nSPS) is 12.4. The summed E-state index contributed by atoms with van der Waals surface area (Å²) in [5.41, 5.74) is 2.50. The fraction of sp³-hybridized carbons (Fsp3) is 0.364. The number of hydrogen-bond donors (Lipinski definition) is 1. The van der Waals surface area contributed by atoms with E-state index in [0.717, 1.165) is 34.0 Å². The van der Waals surface area contributed by atoms with Gasteiger partial charge in [-0.15, -0.1) is 16.4 Å². The SMILES string of the molecule is CCc1cccc(N(C(=O)c2csnn2)[C@H](C(=O)NC(C)(C)C)c2sccc2C)c1. The molecule has 0 saturated heterocycles. The third kappa shape index (κ3) is 4.94. The van der Waals surface area contributed by atoms with E-state index in [1.807, 2.05) is 63.4 Å². The maximum Gasteiger partial charge on any atom is 0.280 e. The van der Waals surface area contributed by atoms with Gasteiger partial charge >= 0.3 is 0 Å². The Morgan fingerprint density at radius 1 is 1.23 bits per heavy atom. The number of anilines is 1. The lowest BCUT2D eigenvalue weighted by molar-refractivity contribution is -0.123. The minimum Gasteiger partial charge on any atom is -0.349 e. The molecule has 30 heavy (non-hydrogen) atoms. The Kier molecular flexibility index (Phi) is 6.67. The lowest BCUT2D eigenvalue weighted by Gasteiger charge is -2.33. The number of thiophene rings is 1. The predicted molar refractivity (Wildman–Crippen MR) is 122 cm³/mol. The quantitative estimate of drug-likeness (QED) is 0.596. The van der Waals surface area contributed by atoms with Gasteiger partial charge in [-0.3, -0.25) is 14.5 Å². The van der Waals surface area contributed by atoms with Crippen LogP contribution in [0.4, 0.5) is 5.69 Å². The van der Waals surface area contributed by atoms with Gasteiger partial charge in [0.1, 0.15) is 0 Å². The zero-order valence-corrected chi connectivity index (χ0v) is 19.4. The molecule has 3 aromatic rings. The zero-order valence-electron chi connectivity index (χ0n) is 17.8. The van der Waals surface area contributed by atoms with Crippen LogP contribution >= 0.6 is 22.9 Å². The molecule has 0 spiro atoms. The first-order chi connectivity index (χ1) is 14.2. The molecule has 0 radical (unpaired) electrons. The number of rotatable bonds is 6. The molecular formula is C22H26N4O2S2.